The summed E-state index contributed by atoms with van der Waals surface area (Å²) < 4.78 is 5.76. The molecule has 1 aliphatic carbocycles. The monoisotopic (exact) mass is 274 g/mol. The number of rotatable bonds is 4. The number of allylic oxidation sites excluding steroid dienone is 2. The molecule has 0 radical (unpaired) electrons. The van der Waals surface area contributed by atoms with E-state index in [9.17, 15) is 15.0 Å². The Bertz CT molecular complexity index is 566. The predicted octanol–water partition coefficient (Wildman–Crippen LogP) is 2.37. The lowest BCUT2D eigenvalue weighted by Gasteiger charge is -2.35. The first kappa shape index (κ1) is 14.3. The van der Waals surface area contributed by atoms with Crippen LogP contribution in [-0.2, 0) is 4.79 Å². The smallest absolute Gasteiger partial charge is 0.211 e. The summed E-state index contributed by atoms with van der Waals surface area (Å²) in [5.41, 5.74) is -2.83. The van der Waals surface area contributed by atoms with Crippen molar-refractivity contribution in [1.29, 1.82) is 0 Å². The van der Waals surface area contributed by atoms with Crippen molar-refractivity contribution >= 4 is 5.78 Å². The average Bonchev–Trinajstić information content (AvgIpc) is 2.41. The van der Waals surface area contributed by atoms with Crippen molar-refractivity contribution in [3.63, 3.8) is 0 Å². The Morgan fingerprint density at radius 3 is 2.55 bits per heavy atom. The Morgan fingerprint density at radius 1 is 1.30 bits per heavy atom. The highest BCUT2D eigenvalue weighted by Crippen LogP contribution is 2.34. The lowest BCUT2D eigenvalue weighted by Crippen LogP contribution is -2.52. The molecule has 4 nitrogen and oxygen atoms in total. The number of phenols is 1. The summed E-state index contributed by atoms with van der Waals surface area (Å²) in [6.07, 6.45) is 7.22. The fourth-order valence-corrected chi connectivity index (χ4v) is 2.15. The van der Waals surface area contributed by atoms with Crippen LogP contribution in [0.1, 0.15) is 20.3 Å². The predicted molar refractivity (Wildman–Crippen MR) is 75.7 cm³/mol. The van der Waals surface area contributed by atoms with E-state index in [0.717, 1.165) is 0 Å². The van der Waals surface area contributed by atoms with Gasteiger partial charge in [0.2, 0.25) is 5.78 Å². The number of hydrogen-bond donors (Lipinski definition) is 2. The van der Waals surface area contributed by atoms with E-state index in [1.54, 1.807) is 36.4 Å². The number of Topliss-reactive ketones (excluding diaryl/α,β-unsaturated/α-hetero) is 1. The van der Waals surface area contributed by atoms with Crippen LogP contribution in [0.2, 0.25) is 0 Å². The van der Waals surface area contributed by atoms with Crippen molar-refractivity contribution in [3.8, 4) is 11.5 Å². The number of ether oxygens (including phenoxy) is 1. The van der Waals surface area contributed by atoms with Gasteiger partial charge >= 0.3 is 0 Å². The van der Waals surface area contributed by atoms with E-state index in [1.807, 2.05) is 6.08 Å². The van der Waals surface area contributed by atoms with E-state index in [0.29, 0.717) is 6.42 Å². The summed E-state index contributed by atoms with van der Waals surface area (Å²) in [7, 11) is 0. The molecule has 106 valence electrons. The molecule has 1 aliphatic rings. The van der Waals surface area contributed by atoms with E-state index in [1.165, 1.54) is 19.9 Å². The van der Waals surface area contributed by atoms with Crippen molar-refractivity contribution in [1.82, 2.24) is 0 Å². The number of aromatic hydroxyl groups is 1. The Hall–Kier alpha value is -2.07. The molecule has 0 heterocycles. The second-order valence-electron chi connectivity index (χ2n) is 5.34. The molecular weight excluding hydrogens is 256 g/mol. The zero-order valence-corrected chi connectivity index (χ0v) is 11.5. The number of ketones is 1. The number of benzene rings is 1. The van der Waals surface area contributed by atoms with E-state index in [4.69, 9.17) is 4.74 Å². The van der Waals surface area contributed by atoms with Gasteiger partial charge in [-0.3, -0.25) is 4.79 Å². The molecule has 0 aromatic heterocycles. The summed E-state index contributed by atoms with van der Waals surface area (Å²) in [6.45, 7) is 2.86. The Kier molecular flexibility index (Phi) is 3.68. The normalized spacial score (nSPS) is 21.8. The zero-order valence-electron chi connectivity index (χ0n) is 11.5. The molecule has 0 aliphatic heterocycles. The second kappa shape index (κ2) is 5.13. The van der Waals surface area contributed by atoms with Gasteiger partial charge in [0.05, 0.1) is 0 Å². The molecule has 0 fully saturated rings. The molecule has 1 aromatic rings. The van der Waals surface area contributed by atoms with Gasteiger partial charge in [0.15, 0.2) is 17.1 Å². The first-order chi connectivity index (χ1) is 9.35. The van der Waals surface area contributed by atoms with E-state index < -0.39 is 17.0 Å². The highest BCUT2D eigenvalue weighted by atomic mass is 16.5. The number of carbonyl (C=O) groups excluding carboxylic acids is 1. The Balaban J connectivity index is 2.39. The molecule has 1 atom stereocenters. The SMILES string of the molecule is CC(C)(O)C(=O)C1(Oc2ccccc2O)C=CC=CC1. The van der Waals surface area contributed by atoms with Gasteiger partial charge in [0.25, 0.3) is 0 Å². The minimum atomic E-state index is -1.53. The molecule has 1 unspecified atom stereocenters. The number of para-hydroxylation sites is 2. The molecule has 2 N–H and O–H groups in total. The van der Waals surface area contributed by atoms with Gasteiger partial charge in [-0.15, -0.1) is 0 Å². The fourth-order valence-electron chi connectivity index (χ4n) is 2.15. The summed E-state index contributed by atoms with van der Waals surface area (Å²) in [5, 5.41) is 19.8. The topological polar surface area (TPSA) is 66.8 Å². The zero-order chi connectivity index (χ0) is 14.8. The third-order valence-electron chi connectivity index (χ3n) is 3.13. The maximum absolute atomic E-state index is 12.5. The first-order valence-electron chi connectivity index (χ1n) is 6.44. The molecule has 0 bridgehead atoms. The van der Waals surface area contributed by atoms with Gasteiger partial charge in [-0.05, 0) is 32.1 Å². The van der Waals surface area contributed by atoms with Crippen LogP contribution >= 0.6 is 0 Å². The summed E-state index contributed by atoms with van der Waals surface area (Å²) in [6, 6.07) is 6.45. The van der Waals surface area contributed by atoms with Gasteiger partial charge in [0, 0.05) is 6.42 Å². The van der Waals surface area contributed by atoms with Gasteiger partial charge in [0.1, 0.15) is 5.60 Å². The van der Waals surface area contributed by atoms with Crippen LogP contribution < -0.4 is 4.74 Å². The minimum absolute atomic E-state index is 0.0432. The van der Waals surface area contributed by atoms with Crippen LogP contribution in [0, 0.1) is 0 Å². The standard InChI is InChI=1S/C16H18O4/c1-15(2,19)14(18)16(10-6-3-7-11-16)20-13-9-5-4-8-12(13)17/h3-10,17,19H,11H2,1-2H3. The summed E-state index contributed by atoms with van der Waals surface area (Å²) >= 11 is 0. The summed E-state index contributed by atoms with van der Waals surface area (Å²) in [5.74, 6) is -0.280. The molecule has 1 aromatic carbocycles. The van der Waals surface area contributed by atoms with Crippen LogP contribution in [0.3, 0.4) is 0 Å². The van der Waals surface area contributed by atoms with Crippen LogP contribution in [0.5, 0.6) is 11.5 Å². The lowest BCUT2D eigenvalue weighted by molar-refractivity contribution is -0.147. The van der Waals surface area contributed by atoms with Gasteiger partial charge in [-0.2, -0.15) is 0 Å². The van der Waals surface area contributed by atoms with Gasteiger partial charge in [-0.1, -0.05) is 30.4 Å². The first-order valence-corrected chi connectivity index (χ1v) is 6.44. The molecule has 0 saturated carbocycles. The lowest BCUT2D eigenvalue weighted by atomic mass is 9.82. The molecule has 2 rings (SSSR count). The fraction of sp³-hybridized carbons (Fsp3) is 0.312. The number of hydrogen-bond acceptors (Lipinski definition) is 4. The second-order valence-corrected chi connectivity index (χ2v) is 5.34. The Labute approximate surface area is 118 Å². The van der Waals surface area contributed by atoms with E-state index in [-0.39, 0.29) is 11.5 Å². The van der Waals surface area contributed by atoms with Crippen molar-refractivity contribution in [3.05, 3.63) is 48.6 Å². The van der Waals surface area contributed by atoms with Crippen LogP contribution in [0.4, 0.5) is 0 Å². The van der Waals surface area contributed by atoms with Crippen LogP contribution in [0.25, 0.3) is 0 Å². The van der Waals surface area contributed by atoms with Crippen molar-refractivity contribution in [2.45, 2.75) is 31.5 Å². The third kappa shape index (κ3) is 2.75. The Morgan fingerprint density at radius 2 is 2.00 bits per heavy atom. The highest BCUT2D eigenvalue weighted by molar-refractivity contribution is 5.96. The molecule has 4 heteroatoms. The van der Waals surface area contributed by atoms with E-state index >= 15 is 0 Å². The quantitative estimate of drug-likeness (QED) is 0.884. The van der Waals surface area contributed by atoms with Gasteiger partial charge < -0.3 is 14.9 Å². The number of phenolic OH excluding ortho intramolecular Hbond substituents is 1. The van der Waals surface area contributed by atoms with Crippen LogP contribution in [0.15, 0.2) is 48.6 Å². The molecule has 0 saturated heterocycles. The van der Waals surface area contributed by atoms with Crippen molar-refractivity contribution in [2.24, 2.45) is 0 Å². The molecule has 20 heavy (non-hydrogen) atoms. The third-order valence-corrected chi connectivity index (χ3v) is 3.13. The summed E-state index contributed by atoms with van der Waals surface area (Å²) in [4.78, 5) is 12.5. The van der Waals surface area contributed by atoms with Gasteiger partial charge in [-0.25, -0.2) is 0 Å². The van der Waals surface area contributed by atoms with E-state index in [2.05, 4.69) is 0 Å². The van der Waals surface area contributed by atoms with Crippen LogP contribution in [-0.4, -0.2) is 27.2 Å². The number of carbonyl (C=O) groups is 1. The average molecular weight is 274 g/mol. The van der Waals surface area contributed by atoms with Crippen molar-refractivity contribution < 1.29 is 19.7 Å². The highest BCUT2D eigenvalue weighted by Gasteiger charge is 2.45. The largest absolute Gasteiger partial charge is 0.504 e. The maximum atomic E-state index is 12.5. The van der Waals surface area contributed by atoms with Crippen molar-refractivity contribution in [2.75, 3.05) is 0 Å². The molecule has 0 amide bonds. The molecule has 0 spiro atoms. The maximum Gasteiger partial charge on any atom is 0.211 e. The number of aliphatic hydroxyl groups is 1. The molecular formula is C16H18O4. The minimum Gasteiger partial charge on any atom is -0.504 e.